The molecule has 2 heterocycles. The lowest BCUT2D eigenvalue weighted by Crippen LogP contribution is -2.41. The second-order valence-corrected chi connectivity index (χ2v) is 7.28. The second kappa shape index (κ2) is 4.62. The molecule has 1 N–H and O–H groups in total. The fourth-order valence-corrected chi connectivity index (χ4v) is 2.80. The number of hydrogen-bond donors (Lipinski definition) is 1. The lowest BCUT2D eigenvalue weighted by molar-refractivity contribution is 0.00578. The molecule has 0 unspecified atom stereocenters. The Kier molecular flexibility index (Phi) is 3.23. The van der Waals surface area contributed by atoms with E-state index in [4.69, 9.17) is 9.31 Å². The molecular weight excluding hydrogens is 261 g/mol. The van der Waals surface area contributed by atoms with Crippen LogP contribution in [0.5, 0.6) is 0 Å². The molecule has 1 saturated heterocycles. The Bertz CT molecular complexity index is 656. The van der Waals surface area contributed by atoms with E-state index >= 15 is 0 Å². The molecule has 21 heavy (non-hydrogen) atoms. The third-order valence-corrected chi connectivity index (χ3v) is 4.85. The minimum atomic E-state index is -0.331. The van der Waals surface area contributed by atoms with Crippen LogP contribution in [0, 0.1) is 0 Å². The zero-order valence-corrected chi connectivity index (χ0v) is 13.8. The number of nitrogens with one attached hydrogen (secondary N) is 1. The maximum absolute atomic E-state index is 6.13. The van der Waals surface area contributed by atoms with Crippen LogP contribution in [0.3, 0.4) is 0 Å². The van der Waals surface area contributed by atoms with E-state index in [2.05, 4.69) is 70.8 Å². The first-order chi connectivity index (χ1) is 9.71. The molecule has 4 heteroatoms. The zero-order valence-electron chi connectivity index (χ0n) is 13.8. The molecule has 0 saturated carbocycles. The van der Waals surface area contributed by atoms with Crippen molar-refractivity contribution in [3.8, 4) is 0 Å². The second-order valence-electron chi connectivity index (χ2n) is 7.28. The molecule has 0 spiro atoms. The average molecular weight is 285 g/mol. The minimum Gasteiger partial charge on any atom is -0.398 e. The van der Waals surface area contributed by atoms with E-state index in [9.17, 15) is 0 Å². The summed E-state index contributed by atoms with van der Waals surface area (Å²) in [4.78, 5) is 3.46. The predicted octanol–water partition coefficient (Wildman–Crippen LogP) is 3.59. The van der Waals surface area contributed by atoms with Crippen molar-refractivity contribution >= 4 is 23.6 Å². The molecule has 3 nitrogen and oxygen atoms in total. The topological polar surface area (TPSA) is 34.2 Å². The summed E-state index contributed by atoms with van der Waals surface area (Å²) >= 11 is 0. The largest absolute Gasteiger partial charge is 0.512 e. The van der Waals surface area contributed by atoms with E-state index in [1.807, 2.05) is 0 Å². The molecule has 0 atom stereocenters. The fraction of sp³-hybridized carbons (Fsp3) is 0.529. The lowest BCUT2D eigenvalue weighted by Gasteiger charge is -2.32. The molecule has 1 aromatic heterocycles. The summed E-state index contributed by atoms with van der Waals surface area (Å²) in [6, 6.07) is 8.57. The van der Waals surface area contributed by atoms with Crippen molar-refractivity contribution in [3.63, 3.8) is 0 Å². The van der Waals surface area contributed by atoms with Crippen molar-refractivity contribution in [2.45, 2.75) is 58.7 Å². The maximum atomic E-state index is 6.13. The minimum absolute atomic E-state index is 0.310. The van der Waals surface area contributed by atoms with Gasteiger partial charge in [-0.3, -0.25) is 0 Å². The maximum Gasteiger partial charge on any atom is 0.512 e. The average Bonchev–Trinajstić information content (AvgIpc) is 2.88. The van der Waals surface area contributed by atoms with Crippen LogP contribution in [-0.2, 0) is 9.31 Å². The van der Waals surface area contributed by atoms with Gasteiger partial charge in [-0.1, -0.05) is 26.0 Å². The Morgan fingerprint density at radius 3 is 2.24 bits per heavy atom. The number of hydrogen-bond acceptors (Lipinski definition) is 2. The summed E-state index contributed by atoms with van der Waals surface area (Å²) in [5.74, 6) is 0.496. The number of rotatable bonds is 2. The van der Waals surface area contributed by atoms with Crippen LogP contribution in [-0.4, -0.2) is 23.3 Å². The van der Waals surface area contributed by atoms with Gasteiger partial charge in [0, 0.05) is 16.5 Å². The van der Waals surface area contributed by atoms with Crippen LogP contribution in [0.25, 0.3) is 10.9 Å². The van der Waals surface area contributed by atoms with E-state index < -0.39 is 0 Å². The SMILES string of the molecule is CC(C)c1cccc2[nH]c(B3OC(C)(C)C(C)(C)O3)cc12. The highest BCUT2D eigenvalue weighted by Crippen LogP contribution is 2.36. The Morgan fingerprint density at radius 1 is 1.05 bits per heavy atom. The van der Waals surface area contributed by atoms with Crippen LogP contribution in [0.4, 0.5) is 0 Å². The molecule has 3 rings (SSSR count). The number of aromatic nitrogens is 1. The molecule has 0 aliphatic carbocycles. The quantitative estimate of drug-likeness (QED) is 0.856. The van der Waals surface area contributed by atoms with E-state index in [0.717, 1.165) is 11.1 Å². The number of aromatic amines is 1. The summed E-state index contributed by atoms with van der Waals surface area (Å²) in [6.07, 6.45) is 0. The third-order valence-electron chi connectivity index (χ3n) is 4.85. The van der Waals surface area contributed by atoms with Gasteiger partial charge in [-0.05, 0) is 51.3 Å². The van der Waals surface area contributed by atoms with Crippen LogP contribution in [0.15, 0.2) is 24.3 Å². The van der Waals surface area contributed by atoms with Crippen LogP contribution in [0.1, 0.15) is 53.0 Å². The Morgan fingerprint density at radius 2 is 1.67 bits per heavy atom. The highest BCUT2D eigenvalue weighted by atomic mass is 16.7. The van der Waals surface area contributed by atoms with E-state index in [1.165, 1.54) is 10.9 Å². The molecule has 1 fully saturated rings. The predicted molar refractivity (Wildman–Crippen MR) is 88.1 cm³/mol. The Labute approximate surface area is 127 Å². The third kappa shape index (κ3) is 2.31. The van der Waals surface area contributed by atoms with Crippen molar-refractivity contribution in [2.75, 3.05) is 0 Å². The zero-order chi connectivity index (χ0) is 15.4. The molecule has 2 aromatic rings. The number of H-pyrrole nitrogens is 1. The normalized spacial score (nSPS) is 20.6. The summed E-state index contributed by atoms with van der Waals surface area (Å²) in [7, 11) is -0.331. The monoisotopic (exact) mass is 285 g/mol. The summed E-state index contributed by atoms with van der Waals surface area (Å²) < 4.78 is 12.3. The highest BCUT2D eigenvalue weighted by Gasteiger charge is 2.52. The van der Waals surface area contributed by atoms with Gasteiger partial charge in [0.05, 0.1) is 11.2 Å². The molecular formula is C17H24BNO2. The summed E-state index contributed by atoms with van der Waals surface area (Å²) in [5.41, 5.74) is 2.88. The van der Waals surface area contributed by atoms with Crippen molar-refractivity contribution < 1.29 is 9.31 Å². The molecule has 0 bridgehead atoms. The summed E-state index contributed by atoms with van der Waals surface area (Å²) in [6.45, 7) is 12.8. The van der Waals surface area contributed by atoms with E-state index in [1.54, 1.807) is 0 Å². The first-order valence-corrected chi connectivity index (χ1v) is 7.68. The van der Waals surface area contributed by atoms with Gasteiger partial charge in [0.2, 0.25) is 0 Å². The van der Waals surface area contributed by atoms with Gasteiger partial charge in [-0.2, -0.15) is 0 Å². The van der Waals surface area contributed by atoms with Crippen molar-refractivity contribution in [1.82, 2.24) is 4.98 Å². The molecule has 1 aliphatic rings. The smallest absolute Gasteiger partial charge is 0.398 e. The van der Waals surface area contributed by atoms with E-state index in [0.29, 0.717) is 5.92 Å². The van der Waals surface area contributed by atoms with Crippen LogP contribution in [0.2, 0.25) is 0 Å². The van der Waals surface area contributed by atoms with Gasteiger partial charge < -0.3 is 14.3 Å². The fourth-order valence-electron chi connectivity index (χ4n) is 2.80. The molecule has 112 valence electrons. The molecule has 0 radical (unpaired) electrons. The van der Waals surface area contributed by atoms with Crippen LogP contribution < -0.4 is 5.59 Å². The molecule has 0 amide bonds. The standard InChI is InChI=1S/C17H24BNO2/c1-11(2)12-8-7-9-14-13(12)10-15(19-14)18-20-16(3,4)17(5,6)21-18/h7-11,19H,1-6H3. The first-order valence-electron chi connectivity index (χ1n) is 7.68. The van der Waals surface area contributed by atoms with Crippen molar-refractivity contribution in [2.24, 2.45) is 0 Å². The molecule has 1 aliphatic heterocycles. The van der Waals surface area contributed by atoms with Crippen molar-refractivity contribution in [3.05, 3.63) is 29.8 Å². The van der Waals surface area contributed by atoms with E-state index in [-0.39, 0.29) is 18.3 Å². The van der Waals surface area contributed by atoms with Crippen LogP contribution >= 0.6 is 0 Å². The Hall–Kier alpha value is -1.26. The number of fused-ring (bicyclic) bond motifs is 1. The molecule has 1 aromatic carbocycles. The van der Waals surface area contributed by atoms with Gasteiger partial charge in [0.25, 0.3) is 0 Å². The van der Waals surface area contributed by atoms with Gasteiger partial charge in [0.1, 0.15) is 0 Å². The van der Waals surface area contributed by atoms with Gasteiger partial charge in [-0.25, -0.2) is 0 Å². The number of benzene rings is 1. The van der Waals surface area contributed by atoms with Gasteiger partial charge >= 0.3 is 7.12 Å². The highest BCUT2D eigenvalue weighted by molar-refractivity contribution is 6.61. The van der Waals surface area contributed by atoms with Crippen molar-refractivity contribution in [1.29, 1.82) is 0 Å². The lowest BCUT2D eigenvalue weighted by atomic mass is 9.84. The summed E-state index contributed by atoms with van der Waals surface area (Å²) in [5, 5.41) is 1.26. The first kappa shape index (κ1) is 14.7. The van der Waals surface area contributed by atoms with Gasteiger partial charge in [-0.15, -0.1) is 0 Å². The Balaban J connectivity index is 2.02. The van der Waals surface area contributed by atoms with Gasteiger partial charge in [0.15, 0.2) is 0 Å².